The van der Waals surface area contributed by atoms with Crippen LogP contribution < -0.4 is 10.5 Å². The number of hydrogen-bond donors (Lipinski definition) is 0. The maximum absolute atomic E-state index is 13.5. The number of benzene rings is 2. The molecule has 0 atom stereocenters. The summed E-state index contributed by atoms with van der Waals surface area (Å²) >= 11 is 0. The molecule has 0 aliphatic rings. The second-order valence-electron chi connectivity index (χ2n) is 5.30. The lowest BCUT2D eigenvalue weighted by Crippen LogP contribution is -2.24. The Morgan fingerprint density at radius 3 is 2.23 bits per heavy atom. The number of aryl methyl sites for hydroxylation is 1. The van der Waals surface area contributed by atoms with Crippen LogP contribution in [0.3, 0.4) is 0 Å². The van der Waals surface area contributed by atoms with Crippen molar-refractivity contribution in [3.8, 4) is 5.75 Å². The average molecular weight is 373 g/mol. The number of fused-ring (bicyclic) bond motifs is 1. The highest BCUT2D eigenvalue weighted by Gasteiger charge is 2.29. The Morgan fingerprint density at radius 2 is 1.62 bits per heavy atom. The third kappa shape index (κ3) is 2.83. The van der Waals surface area contributed by atoms with E-state index in [1.54, 1.807) is 13.0 Å². The summed E-state index contributed by atoms with van der Waals surface area (Å²) in [6.07, 6.45) is 0. The van der Waals surface area contributed by atoms with Gasteiger partial charge in [0, 0.05) is 0 Å². The molecule has 0 aliphatic heterocycles. The molecule has 0 saturated heterocycles. The predicted molar refractivity (Wildman–Crippen MR) is 77.1 cm³/mol. The number of carbonyl (C=O) groups excluding carboxylic acids is 1. The third-order valence-electron chi connectivity index (χ3n) is 3.50. The summed E-state index contributed by atoms with van der Waals surface area (Å²) in [5, 5.41) is 0. The minimum absolute atomic E-state index is 0.143. The minimum Gasteiger partial charge on any atom is -0.419 e. The number of aromatic nitrogens is 1. The number of oxazole rings is 1. The van der Waals surface area contributed by atoms with Gasteiger partial charge in [-0.2, -0.15) is 8.78 Å². The minimum atomic E-state index is -2.38. The molecule has 136 valence electrons. The topological polar surface area (TPSA) is 61.4 Å². The molecule has 1 heterocycles. The Labute approximate surface area is 141 Å². The van der Waals surface area contributed by atoms with Gasteiger partial charge in [-0.05, 0) is 24.6 Å². The van der Waals surface area contributed by atoms with Gasteiger partial charge in [-0.1, -0.05) is 6.07 Å². The van der Waals surface area contributed by atoms with E-state index >= 15 is 0 Å². The van der Waals surface area contributed by atoms with E-state index in [9.17, 15) is 31.5 Å². The standard InChI is InChI=1S/C16H8F5NO4/c1-6-2-3-8-7(4-6)22(16(24)25-8)5-9(23)26-15-13(20)11(18)10(17)12(19)14(15)21/h2-4H,5H2,1H3. The highest BCUT2D eigenvalue weighted by molar-refractivity contribution is 5.78. The van der Waals surface area contributed by atoms with Gasteiger partial charge in [0.25, 0.3) is 0 Å². The normalized spacial score (nSPS) is 11.2. The smallest absolute Gasteiger partial charge is 0.419 e. The first-order valence-electron chi connectivity index (χ1n) is 7.02. The number of ether oxygens (including phenoxy) is 1. The molecule has 5 nitrogen and oxygen atoms in total. The van der Waals surface area contributed by atoms with E-state index in [0.29, 0.717) is 0 Å². The van der Waals surface area contributed by atoms with Crippen molar-refractivity contribution in [3.05, 3.63) is 63.4 Å². The van der Waals surface area contributed by atoms with E-state index in [4.69, 9.17) is 4.42 Å². The molecule has 0 aliphatic carbocycles. The average Bonchev–Trinajstić information content (AvgIpc) is 2.90. The molecule has 1 aromatic heterocycles. The first-order valence-corrected chi connectivity index (χ1v) is 7.02. The lowest BCUT2D eigenvalue weighted by atomic mass is 10.2. The van der Waals surface area contributed by atoms with Crippen molar-refractivity contribution in [1.82, 2.24) is 4.57 Å². The predicted octanol–water partition coefficient (Wildman–Crippen LogP) is 3.20. The Bertz CT molecular complexity index is 1070. The Kier molecular flexibility index (Phi) is 4.26. The van der Waals surface area contributed by atoms with Gasteiger partial charge in [-0.3, -0.25) is 4.57 Å². The van der Waals surface area contributed by atoms with Crippen molar-refractivity contribution in [2.75, 3.05) is 0 Å². The van der Waals surface area contributed by atoms with Crippen LogP contribution in [0, 0.1) is 36.0 Å². The first-order chi connectivity index (χ1) is 12.2. The number of halogens is 5. The first kappa shape index (κ1) is 17.6. The molecular formula is C16H8F5NO4. The molecule has 0 spiro atoms. The van der Waals surface area contributed by atoms with Gasteiger partial charge in [0.05, 0.1) is 5.52 Å². The molecule has 2 aromatic carbocycles. The van der Waals surface area contributed by atoms with Crippen molar-refractivity contribution >= 4 is 17.1 Å². The van der Waals surface area contributed by atoms with Crippen molar-refractivity contribution in [2.45, 2.75) is 13.5 Å². The molecule has 0 saturated carbocycles. The second kappa shape index (κ2) is 6.28. The van der Waals surface area contributed by atoms with Crippen LogP contribution in [-0.4, -0.2) is 10.5 Å². The molecule has 0 radical (unpaired) electrons. The van der Waals surface area contributed by atoms with Crippen LogP contribution in [0.15, 0.2) is 27.4 Å². The van der Waals surface area contributed by atoms with E-state index in [1.807, 2.05) is 0 Å². The van der Waals surface area contributed by atoms with Crippen LogP contribution in [0.5, 0.6) is 5.75 Å². The molecule has 0 amide bonds. The van der Waals surface area contributed by atoms with Gasteiger partial charge in [-0.25, -0.2) is 22.8 Å². The molecule has 3 rings (SSSR count). The third-order valence-corrected chi connectivity index (χ3v) is 3.50. The number of esters is 1. The van der Waals surface area contributed by atoms with Gasteiger partial charge in [-0.15, -0.1) is 0 Å². The molecule has 0 unspecified atom stereocenters. The highest BCUT2D eigenvalue weighted by atomic mass is 19.2. The number of hydrogen-bond acceptors (Lipinski definition) is 4. The summed E-state index contributed by atoms with van der Waals surface area (Å²) < 4.78 is 76.3. The number of nitrogens with zero attached hydrogens (tertiary/aromatic N) is 1. The zero-order chi connectivity index (χ0) is 19.2. The Balaban J connectivity index is 1.95. The molecule has 10 heteroatoms. The highest BCUT2D eigenvalue weighted by Crippen LogP contribution is 2.29. The fourth-order valence-corrected chi connectivity index (χ4v) is 2.27. The summed E-state index contributed by atoms with van der Waals surface area (Å²) in [4.78, 5) is 23.7. The van der Waals surface area contributed by atoms with E-state index in [-0.39, 0.29) is 11.1 Å². The summed E-state index contributed by atoms with van der Waals surface area (Å²) in [5.41, 5.74) is 1.06. The van der Waals surface area contributed by atoms with Crippen molar-refractivity contribution in [3.63, 3.8) is 0 Å². The van der Waals surface area contributed by atoms with Gasteiger partial charge >= 0.3 is 11.7 Å². The van der Waals surface area contributed by atoms with Crippen LogP contribution in [0.2, 0.25) is 0 Å². The van der Waals surface area contributed by atoms with E-state index in [2.05, 4.69) is 4.74 Å². The van der Waals surface area contributed by atoms with Gasteiger partial charge < -0.3 is 9.15 Å². The van der Waals surface area contributed by atoms with Crippen LogP contribution in [0.4, 0.5) is 22.0 Å². The van der Waals surface area contributed by atoms with Crippen molar-refractivity contribution in [2.24, 2.45) is 0 Å². The van der Waals surface area contributed by atoms with Crippen LogP contribution >= 0.6 is 0 Å². The van der Waals surface area contributed by atoms with E-state index in [1.165, 1.54) is 12.1 Å². The maximum Gasteiger partial charge on any atom is 0.420 e. The number of carbonyl (C=O) groups is 1. The quantitative estimate of drug-likeness (QED) is 0.233. The summed E-state index contributed by atoms with van der Waals surface area (Å²) in [6.45, 7) is 0.836. The van der Waals surface area contributed by atoms with Crippen LogP contribution in [0.1, 0.15) is 5.56 Å². The SMILES string of the molecule is Cc1ccc2oc(=O)n(CC(=O)Oc3c(F)c(F)c(F)c(F)c3F)c2c1. The van der Waals surface area contributed by atoms with Crippen molar-refractivity contribution in [1.29, 1.82) is 0 Å². The largest absolute Gasteiger partial charge is 0.420 e. The number of rotatable bonds is 3. The maximum atomic E-state index is 13.5. The van der Waals surface area contributed by atoms with E-state index < -0.39 is 53.1 Å². The zero-order valence-corrected chi connectivity index (χ0v) is 12.9. The summed E-state index contributed by atoms with van der Waals surface area (Å²) in [5.74, 6) is -15.6. The Hall–Kier alpha value is -3.17. The lowest BCUT2D eigenvalue weighted by Gasteiger charge is -2.09. The van der Waals surface area contributed by atoms with Crippen molar-refractivity contribution < 1.29 is 35.9 Å². The molecule has 0 bridgehead atoms. The monoisotopic (exact) mass is 373 g/mol. The molecule has 26 heavy (non-hydrogen) atoms. The second-order valence-corrected chi connectivity index (χ2v) is 5.30. The fraction of sp³-hybridized carbons (Fsp3) is 0.125. The van der Waals surface area contributed by atoms with Crippen LogP contribution in [-0.2, 0) is 11.3 Å². The van der Waals surface area contributed by atoms with Gasteiger partial charge in [0.2, 0.25) is 34.8 Å². The molecule has 0 fully saturated rings. The summed E-state index contributed by atoms with van der Waals surface area (Å²) in [7, 11) is 0. The van der Waals surface area contributed by atoms with Crippen LogP contribution in [0.25, 0.3) is 11.1 Å². The lowest BCUT2D eigenvalue weighted by molar-refractivity contribution is -0.135. The summed E-state index contributed by atoms with van der Waals surface area (Å²) in [6, 6.07) is 4.62. The molecule has 3 aromatic rings. The molecular weight excluding hydrogens is 365 g/mol. The zero-order valence-electron chi connectivity index (χ0n) is 12.9. The van der Waals surface area contributed by atoms with Gasteiger partial charge in [0.1, 0.15) is 6.54 Å². The molecule has 0 N–H and O–H groups in total. The van der Waals surface area contributed by atoms with E-state index in [0.717, 1.165) is 10.1 Å². The Morgan fingerprint density at radius 1 is 1.04 bits per heavy atom. The fourth-order valence-electron chi connectivity index (χ4n) is 2.27. The van der Waals surface area contributed by atoms with Gasteiger partial charge in [0.15, 0.2) is 5.58 Å².